The van der Waals surface area contributed by atoms with Gasteiger partial charge in [0.15, 0.2) is 10.9 Å². The highest BCUT2D eigenvalue weighted by Gasteiger charge is 2.08. The predicted molar refractivity (Wildman–Crippen MR) is 72.2 cm³/mol. The number of H-pyrrole nitrogens is 2. The Morgan fingerprint density at radius 1 is 0.889 bits per heavy atom. The molecule has 18 heavy (non-hydrogen) atoms. The lowest BCUT2D eigenvalue weighted by molar-refractivity contribution is 1.23. The summed E-state index contributed by atoms with van der Waals surface area (Å²) in [7, 11) is 0. The van der Waals surface area contributed by atoms with Crippen molar-refractivity contribution in [2.24, 2.45) is 0 Å². The molecule has 1 aromatic carbocycles. The van der Waals surface area contributed by atoms with E-state index in [2.05, 4.69) is 9.97 Å². The summed E-state index contributed by atoms with van der Waals surface area (Å²) in [6.07, 6.45) is 0. The molecule has 0 radical (unpaired) electrons. The van der Waals surface area contributed by atoms with Crippen molar-refractivity contribution in [3.05, 3.63) is 56.1 Å². The maximum Gasteiger partial charge on any atom is 0.191 e. The standard InChI is InChI=1S/C14H12N2O2/c1-7-6-12(18)13-10(15-7)4-3-9-11(17)5-8(2)16-14(9)13/h3-6H,1-2H3,(H,15,18)(H,16,17). The highest BCUT2D eigenvalue weighted by atomic mass is 16.1. The van der Waals surface area contributed by atoms with Crippen LogP contribution in [0.2, 0.25) is 0 Å². The van der Waals surface area contributed by atoms with E-state index < -0.39 is 0 Å². The van der Waals surface area contributed by atoms with Gasteiger partial charge in [-0.05, 0) is 26.0 Å². The quantitative estimate of drug-likeness (QED) is 0.590. The Hall–Kier alpha value is -2.36. The lowest BCUT2D eigenvalue weighted by atomic mass is 10.1. The molecule has 2 aromatic heterocycles. The molecular weight excluding hydrogens is 228 g/mol. The molecule has 0 unspecified atom stereocenters. The second-order valence-corrected chi connectivity index (χ2v) is 4.54. The maximum absolute atomic E-state index is 12.1. The van der Waals surface area contributed by atoms with Gasteiger partial charge >= 0.3 is 0 Å². The minimum atomic E-state index is -0.0758. The number of benzene rings is 1. The molecule has 0 amide bonds. The fraction of sp³-hybridized carbons (Fsp3) is 0.143. The first-order chi connectivity index (χ1) is 8.56. The zero-order valence-electron chi connectivity index (χ0n) is 10.1. The topological polar surface area (TPSA) is 65.7 Å². The third-order valence-electron chi connectivity index (χ3n) is 3.07. The zero-order valence-corrected chi connectivity index (χ0v) is 10.1. The summed E-state index contributed by atoms with van der Waals surface area (Å²) in [6.45, 7) is 3.64. The van der Waals surface area contributed by atoms with Crippen LogP contribution in [0.25, 0.3) is 21.8 Å². The molecule has 4 heteroatoms. The molecule has 0 bridgehead atoms. The minimum absolute atomic E-state index is 0.0666. The molecule has 0 aliphatic carbocycles. The van der Waals surface area contributed by atoms with Gasteiger partial charge in [-0.3, -0.25) is 9.59 Å². The number of aryl methyl sites for hydroxylation is 2. The molecule has 0 aliphatic rings. The van der Waals surface area contributed by atoms with Gasteiger partial charge in [0.05, 0.1) is 16.4 Å². The van der Waals surface area contributed by atoms with Crippen LogP contribution < -0.4 is 10.9 Å². The van der Waals surface area contributed by atoms with Crippen LogP contribution in [-0.4, -0.2) is 9.97 Å². The fourth-order valence-electron chi connectivity index (χ4n) is 2.32. The molecule has 3 rings (SSSR count). The molecule has 2 N–H and O–H groups in total. The Kier molecular flexibility index (Phi) is 2.13. The van der Waals surface area contributed by atoms with E-state index in [9.17, 15) is 9.59 Å². The van der Waals surface area contributed by atoms with Crippen LogP contribution in [0.5, 0.6) is 0 Å². The van der Waals surface area contributed by atoms with Gasteiger partial charge in [-0.2, -0.15) is 0 Å². The van der Waals surface area contributed by atoms with Gasteiger partial charge in [0.25, 0.3) is 0 Å². The molecule has 0 fully saturated rings. The second kappa shape index (κ2) is 3.57. The fourth-order valence-corrected chi connectivity index (χ4v) is 2.32. The summed E-state index contributed by atoms with van der Waals surface area (Å²) >= 11 is 0. The van der Waals surface area contributed by atoms with E-state index in [1.54, 1.807) is 18.2 Å². The molecule has 0 spiro atoms. The molecule has 4 nitrogen and oxygen atoms in total. The Morgan fingerprint density at radius 3 is 2.33 bits per heavy atom. The van der Waals surface area contributed by atoms with Crippen molar-refractivity contribution < 1.29 is 0 Å². The van der Waals surface area contributed by atoms with E-state index in [0.29, 0.717) is 16.3 Å². The number of fused-ring (bicyclic) bond motifs is 3. The summed E-state index contributed by atoms with van der Waals surface area (Å²) in [4.78, 5) is 30.2. The summed E-state index contributed by atoms with van der Waals surface area (Å²) in [5.74, 6) is 0. The van der Waals surface area contributed by atoms with Crippen LogP contribution in [-0.2, 0) is 0 Å². The van der Waals surface area contributed by atoms with Crippen molar-refractivity contribution in [2.45, 2.75) is 13.8 Å². The first-order valence-electron chi connectivity index (χ1n) is 5.72. The highest BCUT2D eigenvalue weighted by molar-refractivity contribution is 6.03. The molecule has 2 heterocycles. The Balaban J connectivity index is 2.69. The molecular formula is C14H12N2O2. The maximum atomic E-state index is 12.1. The van der Waals surface area contributed by atoms with Crippen molar-refractivity contribution in [3.8, 4) is 0 Å². The van der Waals surface area contributed by atoms with Gasteiger partial charge < -0.3 is 9.97 Å². The van der Waals surface area contributed by atoms with Crippen molar-refractivity contribution in [2.75, 3.05) is 0 Å². The van der Waals surface area contributed by atoms with Gasteiger partial charge in [-0.15, -0.1) is 0 Å². The van der Waals surface area contributed by atoms with Crippen LogP contribution in [0.4, 0.5) is 0 Å². The molecule has 90 valence electrons. The molecule has 0 saturated carbocycles. The average Bonchev–Trinajstić information content (AvgIpc) is 2.26. The number of hydrogen-bond acceptors (Lipinski definition) is 2. The summed E-state index contributed by atoms with van der Waals surface area (Å²) in [5, 5.41) is 1.08. The summed E-state index contributed by atoms with van der Waals surface area (Å²) < 4.78 is 0. The number of nitrogens with one attached hydrogen (secondary N) is 2. The molecule has 0 aliphatic heterocycles. The smallest absolute Gasteiger partial charge is 0.191 e. The van der Waals surface area contributed by atoms with Crippen molar-refractivity contribution >= 4 is 21.8 Å². The van der Waals surface area contributed by atoms with E-state index in [4.69, 9.17) is 0 Å². The van der Waals surface area contributed by atoms with E-state index in [-0.39, 0.29) is 10.9 Å². The molecule has 3 aromatic rings. The summed E-state index contributed by atoms with van der Waals surface area (Å²) in [5.41, 5.74) is 2.77. The Morgan fingerprint density at radius 2 is 1.56 bits per heavy atom. The monoisotopic (exact) mass is 240 g/mol. The van der Waals surface area contributed by atoms with Gasteiger partial charge in [0, 0.05) is 28.9 Å². The molecule has 0 atom stereocenters. The van der Waals surface area contributed by atoms with Gasteiger partial charge in [-0.25, -0.2) is 0 Å². The second-order valence-electron chi connectivity index (χ2n) is 4.54. The van der Waals surface area contributed by atoms with E-state index in [1.165, 1.54) is 6.07 Å². The van der Waals surface area contributed by atoms with Gasteiger partial charge in [0.2, 0.25) is 0 Å². The van der Waals surface area contributed by atoms with E-state index >= 15 is 0 Å². The first-order valence-corrected chi connectivity index (χ1v) is 5.72. The third kappa shape index (κ3) is 1.46. The van der Waals surface area contributed by atoms with Gasteiger partial charge in [-0.1, -0.05) is 0 Å². The van der Waals surface area contributed by atoms with Crippen LogP contribution in [0.1, 0.15) is 11.4 Å². The van der Waals surface area contributed by atoms with Crippen LogP contribution in [0.3, 0.4) is 0 Å². The normalized spacial score (nSPS) is 11.2. The Bertz CT molecular complexity index is 888. The zero-order chi connectivity index (χ0) is 12.9. The lowest BCUT2D eigenvalue weighted by Crippen LogP contribution is -2.08. The first kappa shape index (κ1) is 10.8. The number of rotatable bonds is 0. The van der Waals surface area contributed by atoms with Crippen LogP contribution >= 0.6 is 0 Å². The van der Waals surface area contributed by atoms with Crippen molar-refractivity contribution in [1.82, 2.24) is 9.97 Å². The van der Waals surface area contributed by atoms with Crippen LogP contribution in [0, 0.1) is 13.8 Å². The number of aromatic nitrogens is 2. The number of aromatic amines is 2. The van der Waals surface area contributed by atoms with Crippen LogP contribution in [0.15, 0.2) is 33.9 Å². The third-order valence-corrected chi connectivity index (χ3v) is 3.07. The SMILES string of the molecule is Cc1cc(=O)c2c(ccc3c(=O)cc(C)[nH]c32)[nH]1. The Labute approximate surface area is 102 Å². The van der Waals surface area contributed by atoms with E-state index in [1.807, 2.05) is 13.8 Å². The number of pyridine rings is 2. The van der Waals surface area contributed by atoms with Crippen molar-refractivity contribution in [1.29, 1.82) is 0 Å². The van der Waals surface area contributed by atoms with Gasteiger partial charge in [0.1, 0.15) is 0 Å². The largest absolute Gasteiger partial charge is 0.358 e. The highest BCUT2D eigenvalue weighted by Crippen LogP contribution is 2.17. The van der Waals surface area contributed by atoms with Crippen molar-refractivity contribution in [3.63, 3.8) is 0 Å². The lowest BCUT2D eigenvalue weighted by Gasteiger charge is -2.05. The van der Waals surface area contributed by atoms with E-state index in [0.717, 1.165) is 16.9 Å². The average molecular weight is 240 g/mol. The summed E-state index contributed by atoms with van der Waals surface area (Å²) in [6, 6.07) is 6.60. The molecule has 0 saturated heterocycles. The number of hydrogen-bond donors (Lipinski definition) is 2. The minimum Gasteiger partial charge on any atom is -0.358 e. The predicted octanol–water partition coefficient (Wildman–Crippen LogP) is 1.99.